The molecule has 0 aromatic carbocycles. The molecule has 0 saturated carbocycles. The number of nitrogens with zero attached hydrogens (tertiary/aromatic N) is 1. The van der Waals surface area contributed by atoms with Gasteiger partial charge < -0.3 is 18.9 Å². The van der Waals surface area contributed by atoms with Crippen molar-refractivity contribution >= 4 is 13.8 Å². The summed E-state index contributed by atoms with van der Waals surface area (Å²) in [7, 11) is 1.69. The lowest BCUT2D eigenvalue weighted by atomic mass is 10.0. The van der Waals surface area contributed by atoms with Crippen LogP contribution in [0.15, 0.2) is 12.2 Å². The molecule has 0 fully saturated rings. The molecule has 0 heterocycles. The molecule has 0 amide bonds. The van der Waals surface area contributed by atoms with Crippen LogP contribution >= 0.6 is 7.82 Å². The summed E-state index contributed by atoms with van der Waals surface area (Å²) in [6.07, 6.45) is 58.4. The Bertz CT molecular complexity index is 1050. The molecule has 0 aliphatic heterocycles. The highest BCUT2D eigenvalue weighted by molar-refractivity contribution is 7.47. The fourth-order valence-corrected chi connectivity index (χ4v) is 9.18. The zero-order valence-corrected chi connectivity index (χ0v) is 45.2. The van der Waals surface area contributed by atoms with Gasteiger partial charge in [-0.2, -0.15) is 0 Å². The lowest BCUT2D eigenvalue weighted by molar-refractivity contribution is -0.870. The maximum absolute atomic E-state index is 12.8. The Balaban J connectivity index is 4.03. The van der Waals surface area contributed by atoms with Gasteiger partial charge in [0.2, 0.25) is 0 Å². The number of unbranched alkanes of at least 4 members (excludes halogenated alkanes) is 38. The Morgan fingerprint density at radius 1 is 0.462 bits per heavy atom. The van der Waals surface area contributed by atoms with Crippen molar-refractivity contribution in [2.24, 2.45) is 0 Å². The molecule has 0 aromatic heterocycles. The van der Waals surface area contributed by atoms with E-state index < -0.39 is 13.9 Å². The van der Waals surface area contributed by atoms with Gasteiger partial charge in [-0.1, -0.05) is 251 Å². The molecular weight excluding hydrogens is 830 g/mol. The number of hydrogen-bond donors (Lipinski definition) is 1. The van der Waals surface area contributed by atoms with Crippen molar-refractivity contribution in [1.82, 2.24) is 0 Å². The molecule has 0 rings (SSSR count). The predicted molar refractivity (Wildman–Crippen MR) is 280 cm³/mol. The van der Waals surface area contributed by atoms with Crippen LogP contribution in [0.5, 0.6) is 0 Å². The van der Waals surface area contributed by atoms with Gasteiger partial charge in [-0.15, -0.1) is 0 Å². The number of ether oxygens (including phenoxy) is 2. The van der Waals surface area contributed by atoms with Gasteiger partial charge in [0.1, 0.15) is 19.3 Å². The summed E-state index contributed by atoms with van der Waals surface area (Å²) in [5.41, 5.74) is 0. The first kappa shape index (κ1) is 64.2. The third-order valence-corrected chi connectivity index (χ3v) is 13.8. The summed E-state index contributed by atoms with van der Waals surface area (Å²) in [5.74, 6) is -0.305. The minimum absolute atomic E-state index is 0.0926. The van der Waals surface area contributed by atoms with Crippen LogP contribution in [0, 0.1) is 0 Å². The Morgan fingerprint density at radius 3 is 1.17 bits per heavy atom. The third kappa shape index (κ3) is 54.1. The first-order valence-electron chi connectivity index (χ1n) is 28.4. The van der Waals surface area contributed by atoms with Crippen molar-refractivity contribution in [1.29, 1.82) is 0 Å². The van der Waals surface area contributed by atoms with Gasteiger partial charge in [0, 0.05) is 13.0 Å². The molecule has 0 aromatic rings. The number of quaternary nitrogens is 1. The van der Waals surface area contributed by atoms with Gasteiger partial charge in [-0.25, -0.2) is 4.57 Å². The summed E-state index contributed by atoms with van der Waals surface area (Å²) < 4.78 is 35.3. The molecule has 9 heteroatoms. The SMILES string of the molecule is CCCCCCCCCC/C=C\CCCCCCCCCCCCCCOCC(COP(=O)(O)OCC[N+](C)(C)C)OC(=O)CCCCCCCCCCCCCCCCCCCCC. The molecule has 1 N–H and O–H groups in total. The number of phosphoric ester groups is 1. The van der Waals surface area contributed by atoms with E-state index in [0.717, 1.165) is 32.1 Å². The highest BCUT2D eigenvalue weighted by atomic mass is 31.2. The molecule has 2 atom stereocenters. The van der Waals surface area contributed by atoms with Crippen LogP contribution in [0.3, 0.4) is 0 Å². The predicted octanol–water partition coefficient (Wildman–Crippen LogP) is 17.7. The number of phosphoric acid groups is 1. The molecule has 0 aliphatic rings. The molecule has 65 heavy (non-hydrogen) atoms. The van der Waals surface area contributed by atoms with Gasteiger partial charge in [-0.05, 0) is 38.5 Å². The summed E-state index contributed by atoms with van der Waals surface area (Å²) >= 11 is 0. The minimum Gasteiger partial charge on any atom is -0.457 e. The van der Waals surface area contributed by atoms with Gasteiger partial charge in [0.05, 0.1) is 34.4 Å². The highest BCUT2D eigenvalue weighted by Crippen LogP contribution is 2.43. The maximum atomic E-state index is 12.8. The van der Waals surface area contributed by atoms with Crippen molar-refractivity contribution in [3.05, 3.63) is 12.2 Å². The Hall–Kier alpha value is -0.760. The van der Waals surface area contributed by atoms with Crippen LogP contribution in [0.25, 0.3) is 0 Å². The molecular formula is C56H113NO7P+. The van der Waals surface area contributed by atoms with Crippen LogP contribution in [-0.4, -0.2) is 75.6 Å². The number of allylic oxidation sites excluding steroid dienone is 2. The van der Waals surface area contributed by atoms with Crippen LogP contribution in [0.1, 0.15) is 284 Å². The van der Waals surface area contributed by atoms with E-state index in [1.165, 1.54) is 231 Å². The van der Waals surface area contributed by atoms with E-state index in [2.05, 4.69) is 26.0 Å². The average molecular weight is 943 g/mol. The number of hydrogen-bond acceptors (Lipinski definition) is 6. The normalized spacial score (nSPS) is 13.5. The zero-order valence-electron chi connectivity index (χ0n) is 44.3. The highest BCUT2D eigenvalue weighted by Gasteiger charge is 2.26. The quantitative estimate of drug-likeness (QED) is 0.0213. The lowest BCUT2D eigenvalue weighted by Crippen LogP contribution is -2.37. The van der Waals surface area contributed by atoms with Crippen molar-refractivity contribution in [2.45, 2.75) is 290 Å². The van der Waals surface area contributed by atoms with Crippen LogP contribution in [0.4, 0.5) is 0 Å². The van der Waals surface area contributed by atoms with Crippen molar-refractivity contribution in [3.63, 3.8) is 0 Å². The van der Waals surface area contributed by atoms with Crippen LogP contribution < -0.4 is 0 Å². The third-order valence-electron chi connectivity index (χ3n) is 12.8. The van der Waals surface area contributed by atoms with E-state index in [1.807, 2.05) is 21.1 Å². The molecule has 388 valence electrons. The number of likely N-dealkylation sites (N-methyl/N-ethyl adjacent to an activating group) is 1. The minimum atomic E-state index is -4.28. The summed E-state index contributed by atoms with van der Waals surface area (Å²) in [6, 6.07) is 0. The number of carbonyl (C=O) groups is 1. The van der Waals surface area contributed by atoms with Crippen molar-refractivity contribution in [2.75, 3.05) is 54.1 Å². The molecule has 8 nitrogen and oxygen atoms in total. The fourth-order valence-electron chi connectivity index (χ4n) is 8.43. The molecule has 0 bridgehead atoms. The molecule has 0 aliphatic carbocycles. The largest absolute Gasteiger partial charge is 0.472 e. The summed E-state index contributed by atoms with van der Waals surface area (Å²) in [6.45, 7) is 5.70. The monoisotopic (exact) mass is 943 g/mol. The smallest absolute Gasteiger partial charge is 0.457 e. The number of rotatable bonds is 54. The summed E-state index contributed by atoms with van der Waals surface area (Å²) in [5, 5.41) is 0. The fraction of sp³-hybridized carbons (Fsp3) is 0.946. The second-order valence-electron chi connectivity index (χ2n) is 20.7. The van der Waals surface area contributed by atoms with Crippen LogP contribution in [-0.2, 0) is 27.9 Å². The van der Waals surface area contributed by atoms with Gasteiger partial charge in [-0.3, -0.25) is 13.8 Å². The lowest BCUT2D eigenvalue weighted by Gasteiger charge is -2.24. The topological polar surface area (TPSA) is 91.3 Å². The maximum Gasteiger partial charge on any atom is 0.472 e. The Morgan fingerprint density at radius 2 is 0.800 bits per heavy atom. The number of carbonyl (C=O) groups excluding carboxylic acids is 1. The van der Waals surface area contributed by atoms with E-state index in [4.69, 9.17) is 18.5 Å². The van der Waals surface area contributed by atoms with E-state index >= 15 is 0 Å². The second kappa shape index (κ2) is 49.7. The standard InChI is InChI=1S/C56H112NO7P/c1-6-8-10-12-14-16-18-20-22-24-26-27-28-29-30-32-34-36-38-40-42-44-46-48-51-61-53-55(54-63-65(59,60)62-52-50-57(3,4)5)64-56(58)49-47-45-43-41-39-37-35-33-31-25-23-21-19-17-15-13-11-9-7-2/h24,26,55H,6-23,25,27-54H2,1-5H3/p+1/b26-24-. The molecule has 0 saturated heterocycles. The summed E-state index contributed by atoms with van der Waals surface area (Å²) in [4.78, 5) is 23.1. The number of esters is 1. The van der Waals surface area contributed by atoms with Gasteiger partial charge in [0.25, 0.3) is 0 Å². The Labute approximate surface area is 405 Å². The van der Waals surface area contributed by atoms with Crippen molar-refractivity contribution < 1.29 is 37.3 Å². The van der Waals surface area contributed by atoms with E-state index in [-0.39, 0.29) is 25.8 Å². The zero-order chi connectivity index (χ0) is 47.6. The Kier molecular flexibility index (Phi) is 49.1. The average Bonchev–Trinajstić information content (AvgIpc) is 3.27. The molecule has 2 unspecified atom stereocenters. The first-order valence-corrected chi connectivity index (χ1v) is 29.9. The van der Waals surface area contributed by atoms with Crippen LogP contribution in [0.2, 0.25) is 0 Å². The van der Waals surface area contributed by atoms with Crippen molar-refractivity contribution in [3.8, 4) is 0 Å². The first-order chi connectivity index (χ1) is 31.6. The van der Waals surface area contributed by atoms with E-state index in [1.54, 1.807) is 0 Å². The molecule has 0 radical (unpaired) electrons. The second-order valence-corrected chi connectivity index (χ2v) is 22.1. The van der Waals surface area contributed by atoms with Gasteiger partial charge >= 0.3 is 13.8 Å². The van der Waals surface area contributed by atoms with Gasteiger partial charge in [0.15, 0.2) is 0 Å². The van der Waals surface area contributed by atoms with E-state index in [9.17, 15) is 14.3 Å². The molecule has 0 spiro atoms. The van der Waals surface area contributed by atoms with E-state index in [0.29, 0.717) is 24.1 Å².